The minimum Gasteiger partial charge on any atom is -0.503 e. The molecular weight excluding hydrogens is 261 g/mol. The predicted octanol–water partition coefficient (Wildman–Crippen LogP) is 2.75. The standard InChI is InChI=1S/C7H13S.C2H3O2.Y/c1-8-7-5-3-2-4-6-7;1-2(3)4;/h7H,1-6H2;1H2,(H,3,4);/q2*-1;. The van der Waals surface area contributed by atoms with Gasteiger partial charge in [0.05, 0.1) is 0 Å². The maximum Gasteiger partial charge on any atom is 0.161 e. The van der Waals surface area contributed by atoms with E-state index in [1.165, 1.54) is 32.1 Å². The first-order valence-corrected chi connectivity index (χ1v) is 5.17. The number of carboxylic acids is 1. The maximum atomic E-state index is 8.89. The molecule has 1 rings (SSSR count). The molecule has 0 heterocycles. The van der Waals surface area contributed by atoms with Crippen LogP contribution in [0.5, 0.6) is 0 Å². The first-order chi connectivity index (χ1) is 5.66. The van der Waals surface area contributed by atoms with Crippen LogP contribution >= 0.6 is 11.8 Å². The Morgan fingerprint density at radius 1 is 1.31 bits per heavy atom. The van der Waals surface area contributed by atoms with E-state index in [-0.39, 0.29) is 32.7 Å². The molecular formula is C9H16O2SY-2. The van der Waals surface area contributed by atoms with Crippen LogP contribution in [0.15, 0.2) is 0 Å². The van der Waals surface area contributed by atoms with Gasteiger partial charge >= 0.3 is 0 Å². The summed E-state index contributed by atoms with van der Waals surface area (Å²) in [6.07, 6.45) is 11.0. The first-order valence-electron chi connectivity index (χ1n) is 4.12. The van der Waals surface area contributed by atoms with Gasteiger partial charge in [0.1, 0.15) is 0 Å². The topological polar surface area (TPSA) is 37.3 Å². The minimum absolute atomic E-state index is 0. The van der Waals surface area contributed by atoms with Crippen LogP contribution in [0.2, 0.25) is 0 Å². The van der Waals surface area contributed by atoms with E-state index in [0.29, 0.717) is 0 Å². The van der Waals surface area contributed by atoms with Gasteiger partial charge in [-0.2, -0.15) is 0 Å². The molecule has 1 N–H and O–H groups in total. The smallest absolute Gasteiger partial charge is 0.161 e. The van der Waals surface area contributed by atoms with Crippen molar-refractivity contribution in [1.29, 1.82) is 0 Å². The molecule has 13 heavy (non-hydrogen) atoms. The largest absolute Gasteiger partial charge is 0.503 e. The van der Waals surface area contributed by atoms with Crippen LogP contribution in [-0.2, 0) is 37.5 Å². The second kappa shape index (κ2) is 10.9. The molecule has 0 bridgehead atoms. The number of carbonyl (C=O) groups is 1. The van der Waals surface area contributed by atoms with Gasteiger partial charge in [-0.05, 0) is 18.1 Å². The summed E-state index contributed by atoms with van der Waals surface area (Å²) in [6.45, 7) is 2.56. The summed E-state index contributed by atoms with van der Waals surface area (Å²) in [4.78, 5) is 8.89. The van der Waals surface area contributed by atoms with E-state index in [1.807, 2.05) is 0 Å². The quantitative estimate of drug-likeness (QED) is 0.749. The van der Waals surface area contributed by atoms with Gasteiger partial charge in [0.2, 0.25) is 0 Å². The van der Waals surface area contributed by atoms with Crippen molar-refractivity contribution in [1.82, 2.24) is 0 Å². The SMILES string of the molecule is [CH2-]C(=O)O.[CH2-]SC1CCCCC1.[Y]. The normalized spacial score (nSPS) is 16.4. The molecule has 75 valence electrons. The van der Waals surface area contributed by atoms with Gasteiger partial charge in [0.15, 0.2) is 5.97 Å². The molecule has 0 aromatic heterocycles. The van der Waals surface area contributed by atoms with Gasteiger partial charge in [-0.25, -0.2) is 0 Å². The second-order valence-electron chi connectivity index (χ2n) is 2.82. The molecule has 1 radical (unpaired) electrons. The summed E-state index contributed by atoms with van der Waals surface area (Å²) in [7, 11) is 0. The molecule has 0 aliphatic heterocycles. The maximum absolute atomic E-state index is 8.89. The van der Waals surface area contributed by atoms with Crippen molar-refractivity contribution < 1.29 is 42.6 Å². The molecule has 0 amide bonds. The summed E-state index contributed by atoms with van der Waals surface area (Å²) in [5.74, 6) is -1.08. The third kappa shape index (κ3) is 12.8. The molecule has 0 atom stereocenters. The number of thioether (sulfide) groups is 1. The van der Waals surface area contributed by atoms with E-state index >= 15 is 0 Å². The van der Waals surface area contributed by atoms with E-state index in [9.17, 15) is 0 Å². The molecule has 0 aromatic carbocycles. The molecule has 1 saturated carbocycles. The Morgan fingerprint density at radius 3 is 1.92 bits per heavy atom. The molecule has 0 saturated heterocycles. The van der Waals surface area contributed by atoms with Gasteiger partial charge < -0.3 is 16.9 Å². The van der Waals surface area contributed by atoms with E-state index < -0.39 is 5.97 Å². The molecule has 1 aliphatic rings. The van der Waals surface area contributed by atoms with Gasteiger partial charge in [0.25, 0.3) is 0 Å². The third-order valence-electron chi connectivity index (χ3n) is 1.79. The van der Waals surface area contributed by atoms with Crippen molar-refractivity contribution in [2.24, 2.45) is 0 Å². The number of carboxylic acid groups (broad SMARTS) is 1. The summed E-state index contributed by atoms with van der Waals surface area (Å²) in [5.41, 5.74) is 0. The molecule has 1 fully saturated rings. The van der Waals surface area contributed by atoms with Gasteiger partial charge in [-0.3, -0.25) is 18.0 Å². The van der Waals surface area contributed by atoms with E-state index in [2.05, 4.69) is 13.2 Å². The van der Waals surface area contributed by atoms with E-state index in [1.54, 1.807) is 11.8 Å². The van der Waals surface area contributed by atoms with Crippen LogP contribution in [0.4, 0.5) is 0 Å². The summed E-state index contributed by atoms with van der Waals surface area (Å²) in [6, 6.07) is 0. The fourth-order valence-electron chi connectivity index (χ4n) is 1.23. The second-order valence-corrected chi connectivity index (χ2v) is 3.82. The van der Waals surface area contributed by atoms with Crippen molar-refractivity contribution in [3.63, 3.8) is 0 Å². The van der Waals surface area contributed by atoms with Crippen molar-refractivity contribution in [3.05, 3.63) is 13.2 Å². The van der Waals surface area contributed by atoms with Crippen molar-refractivity contribution in [3.8, 4) is 0 Å². The Kier molecular flexibility index (Phi) is 13.6. The van der Waals surface area contributed by atoms with E-state index in [0.717, 1.165) is 5.25 Å². The monoisotopic (exact) mass is 277 g/mol. The van der Waals surface area contributed by atoms with Crippen LogP contribution in [0, 0.1) is 13.2 Å². The number of hydrogen-bond acceptors (Lipinski definition) is 2. The molecule has 0 unspecified atom stereocenters. The Hall–Kier alpha value is 0.794. The van der Waals surface area contributed by atoms with Crippen molar-refractivity contribution >= 4 is 17.7 Å². The zero-order valence-electron chi connectivity index (χ0n) is 7.87. The van der Waals surface area contributed by atoms with E-state index in [4.69, 9.17) is 9.90 Å². The van der Waals surface area contributed by atoms with Crippen LogP contribution in [0.1, 0.15) is 32.1 Å². The Morgan fingerprint density at radius 2 is 1.69 bits per heavy atom. The zero-order chi connectivity index (χ0) is 9.40. The van der Waals surface area contributed by atoms with Crippen LogP contribution in [0.3, 0.4) is 0 Å². The fraction of sp³-hybridized carbons (Fsp3) is 0.667. The fourth-order valence-corrected chi connectivity index (χ4v) is 1.90. The number of aliphatic carboxylic acids is 1. The molecule has 4 heteroatoms. The zero-order valence-corrected chi connectivity index (χ0v) is 11.5. The molecule has 0 aromatic rings. The molecule has 2 nitrogen and oxygen atoms in total. The molecule has 1 aliphatic carbocycles. The summed E-state index contributed by atoms with van der Waals surface area (Å²) >= 11 is 1.80. The predicted molar refractivity (Wildman–Crippen MR) is 52.8 cm³/mol. The minimum atomic E-state index is -1.08. The Balaban J connectivity index is 0. The van der Waals surface area contributed by atoms with Crippen molar-refractivity contribution in [2.75, 3.05) is 0 Å². The van der Waals surface area contributed by atoms with Gasteiger partial charge in [-0.15, -0.1) is 0 Å². The Bertz CT molecular complexity index is 121. The van der Waals surface area contributed by atoms with Crippen molar-refractivity contribution in [2.45, 2.75) is 37.4 Å². The summed E-state index contributed by atoms with van der Waals surface area (Å²) < 4.78 is 0. The number of rotatable bonds is 1. The Labute approximate surface area is 110 Å². The molecule has 0 spiro atoms. The van der Waals surface area contributed by atoms with Crippen LogP contribution in [-0.4, -0.2) is 16.3 Å². The average Bonchev–Trinajstić information content (AvgIpc) is 2.05. The van der Waals surface area contributed by atoms with Gasteiger partial charge in [0, 0.05) is 32.7 Å². The third-order valence-corrected chi connectivity index (χ3v) is 2.73. The summed E-state index contributed by atoms with van der Waals surface area (Å²) in [5, 5.41) is 8.20. The van der Waals surface area contributed by atoms with Crippen LogP contribution in [0.25, 0.3) is 0 Å². The van der Waals surface area contributed by atoms with Gasteiger partial charge in [-0.1, -0.05) is 19.3 Å². The van der Waals surface area contributed by atoms with Crippen LogP contribution < -0.4 is 0 Å². The number of hydrogen-bond donors (Lipinski definition) is 1. The average molecular weight is 277 g/mol. The first kappa shape index (κ1) is 16.2.